The summed E-state index contributed by atoms with van der Waals surface area (Å²) in [5.74, 6) is -0.358. The molecular weight excluding hydrogens is 326 g/mol. The number of rotatable bonds is 3. The van der Waals surface area contributed by atoms with Crippen LogP contribution < -0.4 is 11.0 Å². The first-order valence-corrected chi connectivity index (χ1v) is 7.98. The quantitative estimate of drug-likeness (QED) is 0.620. The molecule has 0 aliphatic carbocycles. The summed E-state index contributed by atoms with van der Waals surface area (Å²) >= 11 is 1.30. The third kappa shape index (κ3) is 2.38. The van der Waals surface area contributed by atoms with Crippen LogP contribution in [0.2, 0.25) is 0 Å². The Morgan fingerprint density at radius 2 is 1.96 bits per heavy atom. The number of thiophene rings is 1. The SMILES string of the molecule is O=C(Nn1cnc2c(cnn2-c2ccccc2)c1=O)c1cccs1. The van der Waals surface area contributed by atoms with Crippen molar-refractivity contribution in [2.45, 2.75) is 0 Å². The van der Waals surface area contributed by atoms with E-state index in [1.54, 1.807) is 22.2 Å². The zero-order valence-electron chi connectivity index (χ0n) is 12.3. The molecule has 118 valence electrons. The summed E-state index contributed by atoms with van der Waals surface area (Å²) in [5, 5.41) is 6.35. The molecule has 7 nitrogen and oxygen atoms in total. The standard InChI is InChI=1S/C16H11N5O2S/c22-15(13-7-4-8-24-13)19-20-10-17-14-12(16(20)23)9-18-21(14)11-5-2-1-3-6-11/h1-10H,(H,19,22). The Bertz CT molecular complexity index is 1070. The molecule has 0 spiro atoms. The molecule has 24 heavy (non-hydrogen) atoms. The number of carbonyl (C=O) groups excluding carboxylic acids is 1. The van der Waals surface area contributed by atoms with E-state index in [0.717, 1.165) is 10.4 Å². The van der Waals surface area contributed by atoms with Crippen molar-refractivity contribution in [1.29, 1.82) is 0 Å². The van der Waals surface area contributed by atoms with Crippen LogP contribution in [-0.2, 0) is 0 Å². The summed E-state index contributed by atoms with van der Waals surface area (Å²) in [4.78, 5) is 29.4. The Balaban J connectivity index is 1.74. The van der Waals surface area contributed by atoms with Crippen LogP contribution in [0.25, 0.3) is 16.7 Å². The van der Waals surface area contributed by atoms with Crippen LogP contribution in [0.1, 0.15) is 9.67 Å². The zero-order valence-corrected chi connectivity index (χ0v) is 13.1. The van der Waals surface area contributed by atoms with E-state index < -0.39 is 0 Å². The predicted molar refractivity (Wildman–Crippen MR) is 91.1 cm³/mol. The molecule has 4 aromatic rings. The lowest BCUT2D eigenvalue weighted by Crippen LogP contribution is -2.32. The summed E-state index contributed by atoms with van der Waals surface area (Å²) in [6.07, 6.45) is 2.74. The minimum Gasteiger partial charge on any atom is -0.267 e. The minimum atomic E-state index is -0.382. The maximum absolute atomic E-state index is 12.5. The molecule has 3 heterocycles. The number of para-hydroxylation sites is 1. The number of hydrogen-bond donors (Lipinski definition) is 1. The molecule has 0 saturated heterocycles. The molecule has 4 rings (SSSR count). The zero-order chi connectivity index (χ0) is 16.5. The summed E-state index contributed by atoms with van der Waals surface area (Å²) in [6.45, 7) is 0. The number of amides is 1. The smallest absolute Gasteiger partial charge is 0.267 e. The minimum absolute atomic E-state index is 0.327. The van der Waals surface area contributed by atoms with Crippen LogP contribution in [0.5, 0.6) is 0 Å². The number of hydrogen-bond acceptors (Lipinski definition) is 5. The molecule has 8 heteroatoms. The van der Waals surface area contributed by atoms with E-state index in [-0.39, 0.29) is 11.5 Å². The summed E-state index contributed by atoms with van der Waals surface area (Å²) in [6, 6.07) is 12.9. The van der Waals surface area contributed by atoms with Gasteiger partial charge in [0.05, 0.1) is 16.8 Å². The van der Waals surface area contributed by atoms with E-state index in [1.807, 2.05) is 30.3 Å². The molecule has 0 bridgehead atoms. The van der Waals surface area contributed by atoms with Crippen LogP contribution in [0.15, 0.2) is 65.2 Å². The first-order valence-electron chi connectivity index (χ1n) is 7.10. The largest absolute Gasteiger partial charge is 0.283 e. The number of carbonyl (C=O) groups is 1. The fourth-order valence-electron chi connectivity index (χ4n) is 2.32. The highest BCUT2D eigenvalue weighted by atomic mass is 32.1. The third-order valence-electron chi connectivity index (χ3n) is 3.46. The van der Waals surface area contributed by atoms with Crippen molar-refractivity contribution >= 4 is 28.3 Å². The van der Waals surface area contributed by atoms with Gasteiger partial charge in [0, 0.05) is 0 Å². The third-order valence-corrected chi connectivity index (χ3v) is 4.32. The Morgan fingerprint density at radius 1 is 1.12 bits per heavy atom. The second kappa shape index (κ2) is 5.74. The Morgan fingerprint density at radius 3 is 2.71 bits per heavy atom. The maximum atomic E-state index is 12.5. The van der Waals surface area contributed by atoms with Gasteiger partial charge in [0.15, 0.2) is 5.65 Å². The molecule has 0 aliphatic rings. The molecule has 0 atom stereocenters. The lowest BCUT2D eigenvalue weighted by atomic mass is 10.3. The first-order chi connectivity index (χ1) is 11.7. The number of nitrogens with zero attached hydrogens (tertiary/aromatic N) is 4. The van der Waals surface area contributed by atoms with Gasteiger partial charge in [-0.1, -0.05) is 24.3 Å². The predicted octanol–water partition coefficient (Wildman–Crippen LogP) is 2.03. The normalized spacial score (nSPS) is 10.8. The van der Waals surface area contributed by atoms with Gasteiger partial charge in [0.1, 0.15) is 11.7 Å². The second-order valence-electron chi connectivity index (χ2n) is 4.97. The van der Waals surface area contributed by atoms with Crippen LogP contribution in [0, 0.1) is 0 Å². The van der Waals surface area contributed by atoms with Crippen LogP contribution in [0.3, 0.4) is 0 Å². The lowest BCUT2D eigenvalue weighted by Gasteiger charge is -2.07. The Hall–Kier alpha value is -3.26. The highest BCUT2D eigenvalue weighted by Gasteiger charge is 2.13. The van der Waals surface area contributed by atoms with Crippen molar-refractivity contribution < 1.29 is 4.79 Å². The second-order valence-corrected chi connectivity index (χ2v) is 5.91. The van der Waals surface area contributed by atoms with Crippen LogP contribution >= 0.6 is 11.3 Å². The fraction of sp³-hybridized carbons (Fsp3) is 0. The van der Waals surface area contributed by atoms with Gasteiger partial charge in [0.25, 0.3) is 11.5 Å². The van der Waals surface area contributed by atoms with Gasteiger partial charge in [-0.05, 0) is 23.6 Å². The number of benzene rings is 1. The van der Waals surface area contributed by atoms with Gasteiger partial charge in [-0.3, -0.25) is 15.0 Å². The van der Waals surface area contributed by atoms with Crippen LogP contribution in [-0.4, -0.2) is 25.3 Å². The molecule has 0 unspecified atom stereocenters. The van der Waals surface area contributed by atoms with Gasteiger partial charge in [0.2, 0.25) is 0 Å². The average molecular weight is 337 g/mol. The van der Waals surface area contributed by atoms with Crippen molar-refractivity contribution in [3.05, 3.63) is 75.6 Å². The van der Waals surface area contributed by atoms with Gasteiger partial charge in [-0.2, -0.15) is 5.10 Å². The van der Waals surface area contributed by atoms with E-state index >= 15 is 0 Å². The van der Waals surface area contributed by atoms with Crippen LogP contribution in [0.4, 0.5) is 0 Å². The number of nitrogens with one attached hydrogen (secondary N) is 1. The molecule has 1 aromatic carbocycles. The highest BCUT2D eigenvalue weighted by Crippen LogP contribution is 2.13. The molecule has 0 radical (unpaired) electrons. The van der Waals surface area contributed by atoms with E-state index in [9.17, 15) is 9.59 Å². The van der Waals surface area contributed by atoms with E-state index in [1.165, 1.54) is 23.9 Å². The topological polar surface area (TPSA) is 81.8 Å². The van der Waals surface area contributed by atoms with Gasteiger partial charge in [-0.25, -0.2) is 14.3 Å². The molecule has 1 N–H and O–H groups in total. The monoisotopic (exact) mass is 337 g/mol. The molecular formula is C16H11N5O2S. The number of fused-ring (bicyclic) bond motifs is 1. The maximum Gasteiger partial charge on any atom is 0.283 e. The van der Waals surface area contributed by atoms with Gasteiger partial charge >= 0.3 is 0 Å². The van der Waals surface area contributed by atoms with Crippen molar-refractivity contribution in [3.8, 4) is 5.69 Å². The summed E-state index contributed by atoms with van der Waals surface area (Å²) in [7, 11) is 0. The molecule has 1 amide bonds. The van der Waals surface area contributed by atoms with Gasteiger partial charge < -0.3 is 0 Å². The van der Waals surface area contributed by atoms with E-state index in [4.69, 9.17) is 0 Å². The fourth-order valence-corrected chi connectivity index (χ4v) is 2.94. The van der Waals surface area contributed by atoms with E-state index in [0.29, 0.717) is 15.9 Å². The van der Waals surface area contributed by atoms with Crippen molar-refractivity contribution in [1.82, 2.24) is 19.4 Å². The van der Waals surface area contributed by atoms with Crippen molar-refractivity contribution in [2.24, 2.45) is 0 Å². The molecule has 3 aromatic heterocycles. The van der Waals surface area contributed by atoms with E-state index in [2.05, 4.69) is 15.5 Å². The molecule has 0 aliphatic heterocycles. The first kappa shape index (κ1) is 14.3. The summed E-state index contributed by atoms with van der Waals surface area (Å²) < 4.78 is 2.66. The Kier molecular flexibility index (Phi) is 3.43. The van der Waals surface area contributed by atoms with Crippen molar-refractivity contribution in [3.63, 3.8) is 0 Å². The lowest BCUT2D eigenvalue weighted by molar-refractivity contribution is 0.101. The highest BCUT2D eigenvalue weighted by molar-refractivity contribution is 7.12. The number of aromatic nitrogens is 4. The van der Waals surface area contributed by atoms with Crippen molar-refractivity contribution in [2.75, 3.05) is 5.43 Å². The molecule has 0 fully saturated rings. The van der Waals surface area contributed by atoms with Gasteiger partial charge in [-0.15, -0.1) is 11.3 Å². The summed E-state index contributed by atoms with van der Waals surface area (Å²) in [5.41, 5.74) is 3.39. The average Bonchev–Trinajstić information content (AvgIpc) is 3.28. The molecule has 0 saturated carbocycles. The Labute approximate surface area is 139 Å².